The van der Waals surface area contributed by atoms with Crippen LogP contribution in [0.4, 0.5) is 17.3 Å². The molecule has 82 valence electrons. The van der Waals surface area contributed by atoms with Crippen LogP contribution in [0.15, 0.2) is 30.3 Å². The summed E-state index contributed by atoms with van der Waals surface area (Å²) in [7, 11) is 0. The second kappa shape index (κ2) is 4.37. The summed E-state index contributed by atoms with van der Waals surface area (Å²) in [6.07, 6.45) is 0. The number of benzene rings is 1. The Hall–Kier alpha value is -1.81. The van der Waals surface area contributed by atoms with E-state index < -0.39 is 0 Å². The van der Waals surface area contributed by atoms with E-state index in [4.69, 9.17) is 17.3 Å². The fourth-order valence-electron chi connectivity index (χ4n) is 1.27. The number of nitrogens with zero attached hydrogens (tertiary/aromatic N) is 2. The molecule has 0 unspecified atom stereocenters. The Bertz CT molecular complexity index is 513. The fourth-order valence-corrected chi connectivity index (χ4v) is 1.46. The molecule has 0 spiro atoms. The molecular formula is C11H11ClN4. The van der Waals surface area contributed by atoms with Crippen LogP contribution < -0.4 is 11.1 Å². The molecule has 0 aliphatic heterocycles. The summed E-state index contributed by atoms with van der Waals surface area (Å²) < 4.78 is 0. The van der Waals surface area contributed by atoms with Gasteiger partial charge in [-0.25, -0.2) is 0 Å². The van der Waals surface area contributed by atoms with E-state index in [0.717, 1.165) is 11.3 Å². The number of hydrogen-bond acceptors (Lipinski definition) is 4. The maximum atomic E-state index is 5.87. The minimum atomic E-state index is 0.441. The average molecular weight is 235 g/mol. The molecule has 0 bridgehead atoms. The lowest BCUT2D eigenvalue weighted by Gasteiger charge is -2.06. The van der Waals surface area contributed by atoms with E-state index in [1.807, 2.05) is 37.3 Å². The van der Waals surface area contributed by atoms with E-state index in [0.29, 0.717) is 16.7 Å². The van der Waals surface area contributed by atoms with Gasteiger partial charge in [0.2, 0.25) is 0 Å². The van der Waals surface area contributed by atoms with Crippen LogP contribution in [0.1, 0.15) is 5.56 Å². The molecule has 0 aliphatic carbocycles. The predicted molar refractivity (Wildman–Crippen MR) is 65.9 cm³/mol. The highest BCUT2D eigenvalue weighted by Gasteiger charge is 2.00. The second-order valence-corrected chi connectivity index (χ2v) is 3.87. The number of halogens is 1. The fraction of sp³-hybridized carbons (Fsp3) is 0.0909. The Morgan fingerprint density at radius 3 is 2.75 bits per heavy atom. The number of aryl methyl sites for hydroxylation is 1. The summed E-state index contributed by atoms with van der Waals surface area (Å²) in [5.74, 6) is 1.09. The van der Waals surface area contributed by atoms with Gasteiger partial charge >= 0.3 is 0 Å². The number of nitrogens with one attached hydrogen (secondary N) is 1. The maximum Gasteiger partial charge on any atom is 0.153 e. The highest BCUT2D eigenvalue weighted by molar-refractivity contribution is 6.30. The summed E-state index contributed by atoms with van der Waals surface area (Å²) in [4.78, 5) is 0. The van der Waals surface area contributed by atoms with Crippen LogP contribution in [-0.4, -0.2) is 10.2 Å². The molecule has 2 rings (SSSR count). The minimum absolute atomic E-state index is 0.441. The summed E-state index contributed by atoms with van der Waals surface area (Å²) >= 11 is 5.87. The Kier molecular flexibility index (Phi) is 2.92. The molecule has 1 heterocycles. The Labute approximate surface area is 98.5 Å². The summed E-state index contributed by atoms with van der Waals surface area (Å²) in [6.45, 7) is 1.88. The molecule has 4 nitrogen and oxygen atoms in total. The van der Waals surface area contributed by atoms with Gasteiger partial charge in [-0.05, 0) is 36.8 Å². The molecule has 0 saturated carbocycles. The van der Waals surface area contributed by atoms with E-state index in [2.05, 4.69) is 15.5 Å². The van der Waals surface area contributed by atoms with Gasteiger partial charge in [0.1, 0.15) is 5.82 Å². The summed E-state index contributed by atoms with van der Waals surface area (Å²) in [5.41, 5.74) is 7.34. The van der Waals surface area contributed by atoms with E-state index in [1.165, 1.54) is 0 Å². The van der Waals surface area contributed by atoms with E-state index >= 15 is 0 Å². The molecule has 0 amide bonds. The lowest BCUT2D eigenvalue weighted by atomic mass is 10.3. The zero-order chi connectivity index (χ0) is 11.5. The molecule has 0 aliphatic rings. The van der Waals surface area contributed by atoms with Gasteiger partial charge in [-0.2, -0.15) is 0 Å². The Morgan fingerprint density at radius 1 is 1.25 bits per heavy atom. The quantitative estimate of drug-likeness (QED) is 0.839. The molecule has 0 fully saturated rings. The smallest absolute Gasteiger partial charge is 0.153 e. The molecule has 0 saturated heterocycles. The SMILES string of the molecule is Cc1cc(Nc2cccc(Cl)c2)nnc1N. The Morgan fingerprint density at radius 2 is 2.06 bits per heavy atom. The number of hydrogen-bond donors (Lipinski definition) is 2. The first kappa shape index (κ1) is 10.7. The number of nitrogens with two attached hydrogens (primary N) is 1. The van der Waals surface area contributed by atoms with Crippen molar-refractivity contribution in [3.05, 3.63) is 40.9 Å². The minimum Gasteiger partial charge on any atom is -0.382 e. The second-order valence-electron chi connectivity index (χ2n) is 3.43. The van der Waals surface area contributed by atoms with Crippen molar-refractivity contribution in [1.29, 1.82) is 0 Å². The third-order valence-corrected chi connectivity index (χ3v) is 2.35. The van der Waals surface area contributed by atoms with E-state index in [1.54, 1.807) is 0 Å². The summed E-state index contributed by atoms with van der Waals surface area (Å²) in [6, 6.07) is 9.23. The van der Waals surface area contributed by atoms with E-state index in [9.17, 15) is 0 Å². The lowest BCUT2D eigenvalue weighted by Crippen LogP contribution is -2.00. The van der Waals surface area contributed by atoms with Crippen LogP contribution in [-0.2, 0) is 0 Å². The maximum absolute atomic E-state index is 5.87. The standard InChI is InChI=1S/C11H11ClN4/c1-7-5-10(15-16-11(7)13)14-9-4-2-3-8(12)6-9/h2-6H,1H3,(H2,13,16)(H,14,15). The highest BCUT2D eigenvalue weighted by Crippen LogP contribution is 2.19. The highest BCUT2D eigenvalue weighted by atomic mass is 35.5. The van der Waals surface area contributed by atoms with Crippen molar-refractivity contribution in [2.75, 3.05) is 11.1 Å². The van der Waals surface area contributed by atoms with Gasteiger partial charge in [-0.15, -0.1) is 10.2 Å². The topological polar surface area (TPSA) is 63.8 Å². The van der Waals surface area contributed by atoms with Crippen LogP contribution in [0.3, 0.4) is 0 Å². The molecule has 0 radical (unpaired) electrons. The van der Waals surface area contributed by atoms with Crippen molar-refractivity contribution in [1.82, 2.24) is 10.2 Å². The molecule has 2 aromatic rings. The third-order valence-electron chi connectivity index (χ3n) is 2.12. The third kappa shape index (κ3) is 2.41. The van der Waals surface area contributed by atoms with Crippen LogP contribution in [0, 0.1) is 6.92 Å². The monoisotopic (exact) mass is 234 g/mol. The van der Waals surface area contributed by atoms with Crippen LogP contribution in [0.25, 0.3) is 0 Å². The summed E-state index contributed by atoms with van der Waals surface area (Å²) in [5, 5.41) is 11.5. The predicted octanol–water partition coefficient (Wildman–Crippen LogP) is 2.76. The molecule has 1 aromatic heterocycles. The zero-order valence-electron chi connectivity index (χ0n) is 8.74. The first-order chi connectivity index (χ1) is 7.65. The number of anilines is 3. The largest absolute Gasteiger partial charge is 0.382 e. The van der Waals surface area contributed by atoms with Crippen LogP contribution in [0.5, 0.6) is 0 Å². The number of rotatable bonds is 2. The zero-order valence-corrected chi connectivity index (χ0v) is 9.49. The first-order valence-corrected chi connectivity index (χ1v) is 5.15. The first-order valence-electron chi connectivity index (χ1n) is 4.77. The average Bonchev–Trinajstić information content (AvgIpc) is 2.24. The van der Waals surface area contributed by atoms with Crippen molar-refractivity contribution in [2.24, 2.45) is 0 Å². The van der Waals surface area contributed by atoms with Gasteiger partial charge in [-0.1, -0.05) is 17.7 Å². The van der Waals surface area contributed by atoms with Gasteiger partial charge in [0.15, 0.2) is 5.82 Å². The lowest BCUT2D eigenvalue weighted by molar-refractivity contribution is 1.03. The van der Waals surface area contributed by atoms with Gasteiger partial charge in [0.05, 0.1) is 0 Å². The number of nitrogen functional groups attached to an aromatic ring is 1. The van der Waals surface area contributed by atoms with Gasteiger partial charge < -0.3 is 11.1 Å². The molecule has 0 atom stereocenters. The van der Waals surface area contributed by atoms with Crippen molar-refractivity contribution in [3.63, 3.8) is 0 Å². The molecule has 3 N–H and O–H groups in total. The van der Waals surface area contributed by atoms with Gasteiger partial charge in [0, 0.05) is 10.7 Å². The van der Waals surface area contributed by atoms with Crippen LogP contribution >= 0.6 is 11.6 Å². The van der Waals surface area contributed by atoms with Crippen molar-refractivity contribution in [3.8, 4) is 0 Å². The van der Waals surface area contributed by atoms with Gasteiger partial charge in [0.25, 0.3) is 0 Å². The van der Waals surface area contributed by atoms with Crippen molar-refractivity contribution >= 4 is 28.9 Å². The molecule has 1 aromatic carbocycles. The van der Waals surface area contributed by atoms with Crippen molar-refractivity contribution in [2.45, 2.75) is 6.92 Å². The normalized spacial score (nSPS) is 10.1. The molecular weight excluding hydrogens is 224 g/mol. The van der Waals surface area contributed by atoms with Crippen LogP contribution in [0.2, 0.25) is 5.02 Å². The van der Waals surface area contributed by atoms with Crippen molar-refractivity contribution < 1.29 is 0 Å². The number of aromatic nitrogens is 2. The van der Waals surface area contributed by atoms with E-state index in [-0.39, 0.29) is 0 Å². The van der Waals surface area contributed by atoms with Gasteiger partial charge in [-0.3, -0.25) is 0 Å². The molecule has 5 heteroatoms. The Balaban J connectivity index is 2.24. The molecule has 16 heavy (non-hydrogen) atoms.